The normalized spacial score (nSPS) is 11.0. The number of carboxylic acids is 1. The quantitative estimate of drug-likeness (QED) is 0.702. The van der Waals surface area contributed by atoms with E-state index in [9.17, 15) is 4.79 Å². The van der Waals surface area contributed by atoms with E-state index in [2.05, 4.69) is 0 Å². The number of aromatic nitrogens is 1. The van der Waals surface area contributed by atoms with Crippen LogP contribution in [0.1, 0.15) is 17.0 Å². The van der Waals surface area contributed by atoms with Gasteiger partial charge in [0.05, 0.1) is 0 Å². The summed E-state index contributed by atoms with van der Waals surface area (Å²) in [5, 5.41) is 8.45. The molecule has 0 amide bonds. The first-order valence-corrected chi connectivity index (χ1v) is 4.06. The third kappa shape index (κ3) is 1.99. The highest BCUT2D eigenvalue weighted by atomic mass is 16.4. The summed E-state index contributed by atoms with van der Waals surface area (Å²) < 4.78 is 2.03. The van der Waals surface area contributed by atoms with E-state index in [4.69, 9.17) is 5.11 Å². The van der Waals surface area contributed by atoms with Crippen molar-refractivity contribution in [1.29, 1.82) is 0 Å². The van der Waals surface area contributed by atoms with E-state index < -0.39 is 5.97 Å². The number of rotatable bonds is 2. The molecule has 0 fully saturated rings. The van der Waals surface area contributed by atoms with E-state index in [1.54, 1.807) is 6.08 Å². The van der Waals surface area contributed by atoms with Crippen molar-refractivity contribution >= 4 is 12.0 Å². The molecular formula is C10H13NO2. The van der Waals surface area contributed by atoms with E-state index >= 15 is 0 Å². The molecule has 13 heavy (non-hydrogen) atoms. The molecule has 70 valence electrons. The van der Waals surface area contributed by atoms with Crippen molar-refractivity contribution in [2.75, 3.05) is 0 Å². The van der Waals surface area contributed by atoms with Gasteiger partial charge in [0.15, 0.2) is 0 Å². The van der Waals surface area contributed by atoms with Crippen molar-refractivity contribution in [2.24, 2.45) is 7.05 Å². The maximum absolute atomic E-state index is 10.3. The fraction of sp³-hybridized carbons (Fsp3) is 0.300. The zero-order valence-electron chi connectivity index (χ0n) is 8.03. The van der Waals surface area contributed by atoms with E-state index in [0.717, 1.165) is 23.0 Å². The van der Waals surface area contributed by atoms with Crippen LogP contribution in [0.5, 0.6) is 0 Å². The average Bonchev–Trinajstić information content (AvgIpc) is 2.29. The second-order valence-corrected chi connectivity index (χ2v) is 3.06. The Labute approximate surface area is 77.3 Å². The molecule has 3 heteroatoms. The highest BCUT2D eigenvalue weighted by Crippen LogP contribution is 2.14. The van der Waals surface area contributed by atoms with Gasteiger partial charge in [-0.3, -0.25) is 0 Å². The van der Waals surface area contributed by atoms with Gasteiger partial charge in [-0.2, -0.15) is 0 Å². The van der Waals surface area contributed by atoms with Crippen LogP contribution in [0.3, 0.4) is 0 Å². The Morgan fingerprint density at radius 3 is 2.54 bits per heavy atom. The lowest BCUT2D eigenvalue weighted by molar-refractivity contribution is -0.131. The Hall–Kier alpha value is -1.51. The molecule has 1 aromatic rings. The summed E-state index contributed by atoms with van der Waals surface area (Å²) in [4.78, 5) is 10.3. The molecule has 0 aliphatic heterocycles. The van der Waals surface area contributed by atoms with E-state index in [0.29, 0.717) is 0 Å². The first-order chi connectivity index (χ1) is 6.02. The van der Waals surface area contributed by atoms with E-state index in [-0.39, 0.29) is 0 Å². The first-order valence-electron chi connectivity index (χ1n) is 4.06. The minimum atomic E-state index is -0.916. The molecule has 0 aliphatic carbocycles. The Morgan fingerprint density at radius 1 is 1.54 bits per heavy atom. The smallest absolute Gasteiger partial charge is 0.328 e. The Bertz CT molecular complexity index is 361. The third-order valence-electron chi connectivity index (χ3n) is 2.22. The van der Waals surface area contributed by atoms with Crippen molar-refractivity contribution in [3.05, 3.63) is 29.1 Å². The van der Waals surface area contributed by atoms with Crippen molar-refractivity contribution in [1.82, 2.24) is 4.57 Å². The molecular weight excluding hydrogens is 166 g/mol. The molecule has 1 rings (SSSR count). The van der Waals surface area contributed by atoms with Gasteiger partial charge in [-0.1, -0.05) is 0 Å². The Kier molecular flexibility index (Phi) is 2.56. The van der Waals surface area contributed by atoms with Crippen LogP contribution in [0.2, 0.25) is 0 Å². The molecule has 0 spiro atoms. The second-order valence-electron chi connectivity index (χ2n) is 3.06. The van der Waals surface area contributed by atoms with Gasteiger partial charge in [0.2, 0.25) is 0 Å². The van der Waals surface area contributed by atoms with E-state index in [1.807, 2.05) is 31.5 Å². The maximum Gasteiger partial charge on any atom is 0.328 e. The van der Waals surface area contributed by atoms with Gasteiger partial charge in [-0.05, 0) is 31.6 Å². The SMILES string of the molecule is Cc1cc(C=CC(=O)O)c(C)n1C. The van der Waals surface area contributed by atoms with Crippen LogP contribution >= 0.6 is 0 Å². The summed E-state index contributed by atoms with van der Waals surface area (Å²) in [6.45, 7) is 3.96. The van der Waals surface area contributed by atoms with Crippen LogP contribution in [0.4, 0.5) is 0 Å². The van der Waals surface area contributed by atoms with Crippen molar-refractivity contribution in [3.63, 3.8) is 0 Å². The Morgan fingerprint density at radius 2 is 2.15 bits per heavy atom. The summed E-state index contributed by atoms with van der Waals surface area (Å²) in [5.74, 6) is -0.916. The van der Waals surface area contributed by atoms with Crippen LogP contribution in [-0.4, -0.2) is 15.6 Å². The fourth-order valence-corrected chi connectivity index (χ4v) is 1.21. The van der Waals surface area contributed by atoms with E-state index in [1.165, 1.54) is 0 Å². The minimum Gasteiger partial charge on any atom is -0.478 e. The second kappa shape index (κ2) is 3.47. The highest BCUT2D eigenvalue weighted by Gasteiger charge is 2.02. The van der Waals surface area contributed by atoms with Crippen LogP contribution in [-0.2, 0) is 11.8 Å². The third-order valence-corrected chi connectivity index (χ3v) is 2.22. The molecule has 3 nitrogen and oxygen atoms in total. The minimum absolute atomic E-state index is 0.916. The lowest BCUT2D eigenvalue weighted by atomic mass is 10.2. The van der Waals surface area contributed by atoms with Gasteiger partial charge < -0.3 is 9.67 Å². The van der Waals surface area contributed by atoms with Gasteiger partial charge in [-0.25, -0.2) is 4.79 Å². The van der Waals surface area contributed by atoms with Crippen LogP contribution in [0.25, 0.3) is 6.08 Å². The predicted octanol–water partition coefficient (Wildman–Crippen LogP) is 1.74. The molecule has 0 aromatic carbocycles. The molecule has 0 bridgehead atoms. The number of hydrogen-bond donors (Lipinski definition) is 1. The summed E-state index contributed by atoms with van der Waals surface area (Å²) in [5.41, 5.74) is 3.17. The van der Waals surface area contributed by atoms with Gasteiger partial charge in [-0.15, -0.1) is 0 Å². The van der Waals surface area contributed by atoms with Gasteiger partial charge >= 0.3 is 5.97 Å². The van der Waals surface area contributed by atoms with Crippen molar-refractivity contribution in [3.8, 4) is 0 Å². The Balaban J connectivity index is 3.03. The van der Waals surface area contributed by atoms with Crippen LogP contribution < -0.4 is 0 Å². The van der Waals surface area contributed by atoms with Crippen LogP contribution in [0, 0.1) is 13.8 Å². The topological polar surface area (TPSA) is 42.2 Å². The number of carboxylic acid groups (broad SMARTS) is 1. The number of hydrogen-bond acceptors (Lipinski definition) is 1. The molecule has 1 aromatic heterocycles. The first kappa shape index (κ1) is 9.58. The monoisotopic (exact) mass is 179 g/mol. The van der Waals surface area contributed by atoms with Gasteiger partial charge in [0.25, 0.3) is 0 Å². The zero-order chi connectivity index (χ0) is 10.0. The molecule has 0 radical (unpaired) electrons. The molecule has 1 N–H and O–H groups in total. The molecule has 1 heterocycles. The number of nitrogens with zero attached hydrogens (tertiary/aromatic N) is 1. The standard InChI is InChI=1S/C10H13NO2/c1-7-6-9(4-5-10(12)13)8(2)11(7)3/h4-6H,1-3H3,(H,12,13). The van der Waals surface area contributed by atoms with Gasteiger partial charge in [0, 0.05) is 24.5 Å². The average molecular weight is 179 g/mol. The largest absolute Gasteiger partial charge is 0.478 e. The lowest BCUT2D eigenvalue weighted by Crippen LogP contribution is -1.93. The highest BCUT2D eigenvalue weighted by molar-refractivity contribution is 5.85. The number of aryl methyl sites for hydroxylation is 1. The molecule has 0 unspecified atom stereocenters. The van der Waals surface area contributed by atoms with Crippen LogP contribution in [0.15, 0.2) is 12.1 Å². The predicted molar refractivity (Wildman–Crippen MR) is 51.6 cm³/mol. The summed E-state index contributed by atoms with van der Waals surface area (Å²) >= 11 is 0. The summed E-state index contributed by atoms with van der Waals surface area (Å²) in [6.07, 6.45) is 2.77. The maximum atomic E-state index is 10.3. The molecule has 0 aliphatic rings. The lowest BCUT2D eigenvalue weighted by Gasteiger charge is -1.98. The fourth-order valence-electron chi connectivity index (χ4n) is 1.21. The van der Waals surface area contributed by atoms with Gasteiger partial charge in [0.1, 0.15) is 0 Å². The zero-order valence-corrected chi connectivity index (χ0v) is 8.03. The molecule has 0 saturated heterocycles. The summed E-state index contributed by atoms with van der Waals surface area (Å²) in [6, 6.07) is 1.97. The molecule has 0 atom stereocenters. The van der Waals surface area contributed by atoms with Crippen molar-refractivity contribution < 1.29 is 9.90 Å². The molecule has 0 saturated carbocycles. The number of carbonyl (C=O) groups is 1. The number of aliphatic carboxylic acids is 1. The van der Waals surface area contributed by atoms with Crippen molar-refractivity contribution in [2.45, 2.75) is 13.8 Å². The summed E-state index contributed by atoms with van der Waals surface area (Å²) in [7, 11) is 1.96.